The maximum atomic E-state index is 12.6. The molecule has 0 fully saturated rings. The molecule has 0 radical (unpaired) electrons. The van der Waals surface area contributed by atoms with Gasteiger partial charge in [-0.25, -0.2) is 18.6 Å². The van der Waals surface area contributed by atoms with Crippen molar-refractivity contribution in [3.05, 3.63) is 10.6 Å². The zero-order valence-corrected chi connectivity index (χ0v) is 10.2. The Kier molecular flexibility index (Phi) is 4.45. The number of ketones is 1. The van der Waals surface area contributed by atoms with E-state index in [1.807, 2.05) is 5.32 Å². The highest BCUT2D eigenvalue weighted by atomic mass is 32.1. The summed E-state index contributed by atoms with van der Waals surface area (Å²) in [6.45, 7) is -0.327. The van der Waals surface area contributed by atoms with Gasteiger partial charge < -0.3 is 10.4 Å². The zero-order valence-electron chi connectivity index (χ0n) is 9.42. The van der Waals surface area contributed by atoms with Gasteiger partial charge in [-0.3, -0.25) is 4.79 Å². The van der Waals surface area contributed by atoms with E-state index in [-0.39, 0.29) is 10.0 Å². The lowest BCUT2D eigenvalue weighted by Gasteiger charge is -2.14. The molecule has 0 aliphatic rings. The van der Waals surface area contributed by atoms with Crippen LogP contribution < -0.4 is 5.32 Å². The van der Waals surface area contributed by atoms with Gasteiger partial charge in [-0.05, 0) is 0 Å². The molecule has 1 rings (SSSR count). The summed E-state index contributed by atoms with van der Waals surface area (Å²) >= 11 is 0.518. The molecule has 0 aliphatic heterocycles. The third-order valence-electron chi connectivity index (χ3n) is 1.94. The average Bonchev–Trinajstić information content (AvgIpc) is 2.70. The molecule has 0 spiro atoms. The standard InChI is InChI=1S/C9H8F4N2O3S/c1-3(16)5-4(6(17)18)15-8(19-5)14-2-9(12,13)7(10)11/h7H,2H2,1H3,(H,14,15)(H,17,18). The Morgan fingerprint density at radius 2 is 2.05 bits per heavy atom. The summed E-state index contributed by atoms with van der Waals surface area (Å²) in [6.07, 6.45) is -3.86. The topological polar surface area (TPSA) is 79.3 Å². The number of halogens is 4. The molecule has 5 nitrogen and oxygen atoms in total. The normalized spacial score (nSPS) is 11.7. The summed E-state index contributed by atoms with van der Waals surface area (Å²) in [6, 6.07) is 0. The predicted molar refractivity (Wildman–Crippen MR) is 58.5 cm³/mol. The fraction of sp³-hybridized carbons (Fsp3) is 0.444. The molecule has 1 heterocycles. The van der Waals surface area contributed by atoms with E-state index in [1.54, 1.807) is 0 Å². The number of hydrogen-bond acceptors (Lipinski definition) is 5. The lowest BCUT2D eigenvalue weighted by molar-refractivity contribution is -0.117. The molecule has 106 valence electrons. The number of nitrogens with zero attached hydrogens (tertiary/aromatic N) is 1. The van der Waals surface area contributed by atoms with Crippen LogP contribution in [-0.4, -0.2) is 40.7 Å². The summed E-state index contributed by atoms with van der Waals surface area (Å²) in [5, 5.41) is 10.3. The summed E-state index contributed by atoms with van der Waals surface area (Å²) in [5.41, 5.74) is -0.597. The first-order valence-corrected chi connectivity index (χ1v) is 5.61. The van der Waals surface area contributed by atoms with Crippen LogP contribution in [0.15, 0.2) is 0 Å². The smallest absolute Gasteiger partial charge is 0.356 e. The first kappa shape index (κ1) is 15.3. The summed E-state index contributed by atoms with van der Waals surface area (Å²) in [5.74, 6) is -6.38. The van der Waals surface area contributed by atoms with Crippen LogP contribution in [0.4, 0.5) is 22.7 Å². The minimum absolute atomic E-state index is 0.240. The van der Waals surface area contributed by atoms with E-state index in [9.17, 15) is 27.2 Å². The first-order chi connectivity index (χ1) is 8.65. The Bertz CT molecular complexity index is 472. The number of hydrogen-bond donors (Lipinski definition) is 2. The van der Waals surface area contributed by atoms with Crippen LogP contribution in [-0.2, 0) is 0 Å². The summed E-state index contributed by atoms with van der Waals surface area (Å²) in [4.78, 5) is 25.0. The number of Topliss-reactive ketones (excluding diaryl/α,β-unsaturated/α-hetero) is 1. The maximum Gasteiger partial charge on any atom is 0.356 e. The van der Waals surface area contributed by atoms with Gasteiger partial charge in [0.2, 0.25) is 0 Å². The maximum absolute atomic E-state index is 12.6. The molecule has 2 N–H and O–H groups in total. The zero-order chi connectivity index (χ0) is 14.8. The van der Waals surface area contributed by atoms with E-state index < -0.39 is 36.3 Å². The molecule has 19 heavy (non-hydrogen) atoms. The quantitative estimate of drug-likeness (QED) is 0.623. The largest absolute Gasteiger partial charge is 0.476 e. The molecular formula is C9H8F4N2O3S. The lowest BCUT2D eigenvalue weighted by atomic mass is 10.3. The van der Waals surface area contributed by atoms with Crippen molar-refractivity contribution in [2.45, 2.75) is 19.3 Å². The van der Waals surface area contributed by atoms with Gasteiger partial charge in [0.05, 0.1) is 6.54 Å². The number of nitrogens with one attached hydrogen (secondary N) is 1. The van der Waals surface area contributed by atoms with Crippen LogP contribution in [0.2, 0.25) is 0 Å². The van der Waals surface area contributed by atoms with Crippen LogP contribution in [0.1, 0.15) is 27.1 Å². The molecule has 0 atom stereocenters. The number of alkyl halides is 4. The third kappa shape index (κ3) is 3.63. The highest BCUT2D eigenvalue weighted by molar-refractivity contribution is 7.17. The molecule has 0 saturated heterocycles. The highest BCUT2D eigenvalue weighted by Crippen LogP contribution is 2.27. The molecule has 1 aromatic heterocycles. The van der Waals surface area contributed by atoms with Gasteiger partial charge in [0.1, 0.15) is 4.88 Å². The SMILES string of the molecule is CC(=O)c1sc(NCC(F)(F)C(F)F)nc1C(=O)O. The first-order valence-electron chi connectivity index (χ1n) is 4.80. The van der Waals surface area contributed by atoms with Crippen molar-refractivity contribution in [1.29, 1.82) is 0 Å². The Hall–Kier alpha value is -1.71. The lowest BCUT2D eigenvalue weighted by Crippen LogP contribution is -2.34. The molecule has 1 aromatic rings. The second-order valence-electron chi connectivity index (χ2n) is 3.47. The molecule has 0 amide bonds. The van der Waals surface area contributed by atoms with Crippen LogP contribution in [0.3, 0.4) is 0 Å². The van der Waals surface area contributed by atoms with E-state index in [0.29, 0.717) is 11.3 Å². The third-order valence-corrected chi connectivity index (χ3v) is 3.06. The number of aromatic carboxylic acids is 1. The van der Waals surface area contributed by atoms with Gasteiger partial charge in [-0.1, -0.05) is 11.3 Å². The van der Waals surface area contributed by atoms with Gasteiger partial charge in [0.25, 0.3) is 0 Å². The molecule has 0 aliphatic carbocycles. The molecular weight excluding hydrogens is 292 g/mol. The molecule has 0 aromatic carbocycles. The van der Waals surface area contributed by atoms with Crippen molar-refractivity contribution in [3.63, 3.8) is 0 Å². The van der Waals surface area contributed by atoms with Crippen molar-refractivity contribution in [1.82, 2.24) is 4.98 Å². The van der Waals surface area contributed by atoms with E-state index >= 15 is 0 Å². The average molecular weight is 300 g/mol. The summed E-state index contributed by atoms with van der Waals surface area (Å²) in [7, 11) is 0. The number of carboxylic acids is 1. The van der Waals surface area contributed by atoms with Crippen LogP contribution in [0, 0.1) is 0 Å². The van der Waals surface area contributed by atoms with E-state index in [1.165, 1.54) is 0 Å². The number of carbonyl (C=O) groups excluding carboxylic acids is 1. The fourth-order valence-electron chi connectivity index (χ4n) is 1.05. The molecule has 0 saturated carbocycles. The van der Waals surface area contributed by atoms with Gasteiger partial charge in [-0.2, -0.15) is 8.78 Å². The summed E-state index contributed by atoms with van der Waals surface area (Å²) < 4.78 is 49.1. The van der Waals surface area contributed by atoms with Gasteiger partial charge >= 0.3 is 18.3 Å². The van der Waals surface area contributed by atoms with Crippen LogP contribution in [0.25, 0.3) is 0 Å². The highest BCUT2D eigenvalue weighted by Gasteiger charge is 2.40. The number of rotatable bonds is 6. The van der Waals surface area contributed by atoms with Crippen molar-refractivity contribution < 1.29 is 32.3 Å². The van der Waals surface area contributed by atoms with E-state index in [2.05, 4.69) is 4.98 Å². The number of carbonyl (C=O) groups is 2. The van der Waals surface area contributed by atoms with E-state index in [0.717, 1.165) is 6.92 Å². The Morgan fingerprint density at radius 1 is 1.47 bits per heavy atom. The number of aromatic nitrogens is 1. The Balaban J connectivity index is 2.89. The minimum atomic E-state index is -4.27. The van der Waals surface area contributed by atoms with Crippen LogP contribution >= 0.6 is 11.3 Å². The van der Waals surface area contributed by atoms with E-state index in [4.69, 9.17) is 5.11 Å². The second-order valence-corrected chi connectivity index (χ2v) is 4.47. The monoisotopic (exact) mass is 300 g/mol. The van der Waals surface area contributed by atoms with Gasteiger partial charge in [0.15, 0.2) is 16.6 Å². The van der Waals surface area contributed by atoms with Gasteiger partial charge in [-0.15, -0.1) is 0 Å². The van der Waals surface area contributed by atoms with Crippen LogP contribution in [0.5, 0.6) is 0 Å². The molecule has 10 heteroatoms. The van der Waals surface area contributed by atoms with Crippen molar-refractivity contribution >= 4 is 28.2 Å². The minimum Gasteiger partial charge on any atom is -0.476 e. The fourth-order valence-corrected chi connectivity index (χ4v) is 1.90. The van der Waals surface area contributed by atoms with Crippen molar-refractivity contribution in [2.75, 3.05) is 11.9 Å². The second kappa shape index (κ2) is 5.51. The molecule has 0 bridgehead atoms. The Morgan fingerprint density at radius 3 is 2.42 bits per heavy atom. The number of carboxylic acid groups (broad SMARTS) is 1. The van der Waals surface area contributed by atoms with Crippen molar-refractivity contribution in [2.24, 2.45) is 0 Å². The number of anilines is 1. The molecule has 0 unspecified atom stereocenters. The van der Waals surface area contributed by atoms with Gasteiger partial charge in [0, 0.05) is 6.92 Å². The Labute approximate surface area is 108 Å². The predicted octanol–water partition coefficient (Wildman–Crippen LogP) is 2.36. The van der Waals surface area contributed by atoms with Crippen molar-refractivity contribution in [3.8, 4) is 0 Å². The number of thiazole rings is 1.